The summed E-state index contributed by atoms with van der Waals surface area (Å²) in [5, 5.41) is 9.38. The van der Waals surface area contributed by atoms with Crippen LogP contribution in [0.2, 0.25) is 5.02 Å². The molecule has 0 N–H and O–H groups in total. The largest absolute Gasteiger partial charge is 0.383 e. The molecule has 9 nitrogen and oxygen atoms in total. The van der Waals surface area contributed by atoms with Gasteiger partial charge in [-0.2, -0.15) is 10.2 Å². The number of aryl methyl sites for hydroxylation is 1. The van der Waals surface area contributed by atoms with Gasteiger partial charge in [-0.05, 0) is 18.6 Å². The predicted octanol–water partition coefficient (Wildman–Crippen LogP) is 3.07. The van der Waals surface area contributed by atoms with Gasteiger partial charge in [0.05, 0.1) is 34.7 Å². The molecule has 0 atom stereocenters. The minimum atomic E-state index is 0.0299. The van der Waals surface area contributed by atoms with Crippen molar-refractivity contribution in [2.45, 2.75) is 19.8 Å². The van der Waals surface area contributed by atoms with Crippen molar-refractivity contribution in [1.82, 2.24) is 29.9 Å². The summed E-state index contributed by atoms with van der Waals surface area (Å²) in [7, 11) is 3.64. The smallest absolute Gasteiger partial charge is 0.193 e. The van der Waals surface area contributed by atoms with E-state index in [2.05, 4.69) is 30.0 Å². The van der Waals surface area contributed by atoms with Crippen molar-refractivity contribution in [1.29, 1.82) is 0 Å². The second kappa shape index (κ2) is 9.68. The third-order valence-corrected chi connectivity index (χ3v) is 6.03. The molecule has 0 aliphatic rings. The zero-order chi connectivity index (χ0) is 22.7. The monoisotopic (exact) mass is 471 g/mol. The molecular formula is C21H22ClN7O2S. The molecule has 0 amide bonds. The molecule has 166 valence electrons. The van der Waals surface area contributed by atoms with Gasteiger partial charge in [0.1, 0.15) is 16.1 Å². The fourth-order valence-corrected chi connectivity index (χ4v) is 4.47. The Morgan fingerprint density at radius 3 is 2.72 bits per heavy atom. The maximum absolute atomic E-state index is 12.9. The first-order valence-corrected chi connectivity index (χ1v) is 11.1. The van der Waals surface area contributed by atoms with Crippen LogP contribution in [0.25, 0.3) is 16.2 Å². The summed E-state index contributed by atoms with van der Waals surface area (Å²) in [5.74, 6) is 0.450. The summed E-state index contributed by atoms with van der Waals surface area (Å²) in [6.07, 6.45) is 6.92. The highest BCUT2D eigenvalue weighted by atomic mass is 35.5. The lowest BCUT2D eigenvalue weighted by Gasteiger charge is -2.22. The summed E-state index contributed by atoms with van der Waals surface area (Å²) in [5.41, 5.74) is 3.30. The number of fused-ring (bicyclic) bond motifs is 1. The van der Waals surface area contributed by atoms with Crippen LogP contribution >= 0.6 is 22.9 Å². The number of rotatable bonds is 9. The number of aromatic nitrogens is 6. The van der Waals surface area contributed by atoms with Crippen molar-refractivity contribution in [3.05, 3.63) is 52.0 Å². The molecule has 0 radical (unpaired) electrons. The van der Waals surface area contributed by atoms with Gasteiger partial charge in [-0.15, -0.1) is 4.80 Å². The number of likely N-dealkylation sites (N-methyl/N-ethyl adjacent to an activating group) is 1. The van der Waals surface area contributed by atoms with E-state index >= 15 is 0 Å². The van der Waals surface area contributed by atoms with E-state index in [1.165, 1.54) is 16.1 Å². The van der Waals surface area contributed by atoms with Crippen LogP contribution in [0.4, 0.5) is 5.69 Å². The number of carbonyl (C=O) groups excluding carboxylic acids is 1. The molecule has 0 aromatic carbocycles. The van der Waals surface area contributed by atoms with Gasteiger partial charge in [0.15, 0.2) is 5.82 Å². The number of ketones is 1. The molecule has 0 unspecified atom stereocenters. The lowest BCUT2D eigenvalue weighted by atomic mass is 10.0. The van der Waals surface area contributed by atoms with E-state index < -0.39 is 0 Å². The molecule has 0 saturated heterocycles. The van der Waals surface area contributed by atoms with Crippen LogP contribution < -0.4 is 4.90 Å². The number of Topliss-reactive ketones (excluding diaryl/α,β-unsaturated/α-hetero) is 1. The van der Waals surface area contributed by atoms with Gasteiger partial charge >= 0.3 is 0 Å². The number of pyridine rings is 2. The first kappa shape index (κ1) is 22.3. The van der Waals surface area contributed by atoms with E-state index in [0.29, 0.717) is 24.0 Å². The van der Waals surface area contributed by atoms with E-state index in [1.807, 2.05) is 14.0 Å². The summed E-state index contributed by atoms with van der Waals surface area (Å²) in [6, 6.07) is 1.72. The van der Waals surface area contributed by atoms with Crippen LogP contribution in [0.15, 0.2) is 30.9 Å². The molecule has 4 aromatic rings. The van der Waals surface area contributed by atoms with Gasteiger partial charge in [-0.25, -0.2) is 15.0 Å². The number of halogens is 1. The molecular weight excluding hydrogens is 450 g/mol. The van der Waals surface area contributed by atoms with Gasteiger partial charge in [0, 0.05) is 51.5 Å². The van der Waals surface area contributed by atoms with Crippen LogP contribution in [-0.2, 0) is 22.4 Å². The number of thiazole rings is 1. The third-order valence-electron chi connectivity index (χ3n) is 4.87. The fourth-order valence-electron chi connectivity index (χ4n) is 3.45. The Kier molecular flexibility index (Phi) is 6.73. The first-order chi connectivity index (χ1) is 15.5. The van der Waals surface area contributed by atoms with Crippen LogP contribution in [-0.4, -0.2) is 63.0 Å². The molecule has 0 bridgehead atoms. The highest BCUT2D eigenvalue weighted by molar-refractivity contribution is 7.18. The van der Waals surface area contributed by atoms with Gasteiger partial charge in [-0.3, -0.25) is 4.79 Å². The minimum Gasteiger partial charge on any atom is -0.383 e. The number of anilines is 1. The van der Waals surface area contributed by atoms with E-state index in [-0.39, 0.29) is 18.6 Å². The number of hydrogen-bond acceptors (Lipinski definition) is 9. The number of hydrogen-bond donors (Lipinski definition) is 0. The zero-order valence-electron chi connectivity index (χ0n) is 17.9. The van der Waals surface area contributed by atoms with Crippen LogP contribution in [0.1, 0.15) is 16.1 Å². The number of methoxy groups -OCH3 is 1. The Labute approximate surface area is 194 Å². The van der Waals surface area contributed by atoms with E-state index in [1.54, 1.807) is 38.0 Å². The predicted molar refractivity (Wildman–Crippen MR) is 124 cm³/mol. The van der Waals surface area contributed by atoms with Crippen molar-refractivity contribution in [2.75, 3.05) is 32.2 Å². The molecule has 0 fully saturated rings. The number of carbonyl (C=O) groups is 1. The molecule has 0 saturated carbocycles. The van der Waals surface area contributed by atoms with Gasteiger partial charge in [0.25, 0.3) is 0 Å². The summed E-state index contributed by atoms with van der Waals surface area (Å²) >= 11 is 7.88. The lowest BCUT2D eigenvalue weighted by Crippen LogP contribution is -2.24. The molecule has 32 heavy (non-hydrogen) atoms. The highest BCUT2D eigenvalue weighted by Crippen LogP contribution is 2.32. The molecule has 0 aliphatic carbocycles. The van der Waals surface area contributed by atoms with Crippen molar-refractivity contribution in [3.63, 3.8) is 0 Å². The summed E-state index contributed by atoms with van der Waals surface area (Å²) in [4.78, 5) is 30.7. The van der Waals surface area contributed by atoms with Crippen molar-refractivity contribution < 1.29 is 9.53 Å². The number of nitrogens with zero attached hydrogens (tertiary/aromatic N) is 7. The average Bonchev–Trinajstić information content (AvgIpc) is 3.41. The van der Waals surface area contributed by atoms with E-state index in [9.17, 15) is 4.79 Å². The first-order valence-electron chi connectivity index (χ1n) is 9.94. The van der Waals surface area contributed by atoms with Crippen molar-refractivity contribution >= 4 is 44.8 Å². The average molecular weight is 472 g/mol. The molecule has 0 spiro atoms. The Bertz CT molecular complexity index is 1240. The van der Waals surface area contributed by atoms with Crippen LogP contribution in [0.3, 0.4) is 0 Å². The Morgan fingerprint density at radius 1 is 1.22 bits per heavy atom. The third kappa shape index (κ3) is 4.77. The molecule has 4 rings (SSSR count). The van der Waals surface area contributed by atoms with Gasteiger partial charge < -0.3 is 9.64 Å². The Balaban J connectivity index is 1.56. The minimum absolute atomic E-state index is 0.0299. The van der Waals surface area contributed by atoms with E-state index in [0.717, 1.165) is 32.2 Å². The van der Waals surface area contributed by atoms with Crippen LogP contribution in [0.5, 0.6) is 0 Å². The Hall–Kier alpha value is -2.95. The highest BCUT2D eigenvalue weighted by Gasteiger charge is 2.19. The molecule has 11 heteroatoms. The van der Waals surface area contributed by atoms with Crippen molar-refractivity contribution in [3.8, 4) is 5.82 Å². The normalized spacial score (nSPS) is 11.2. The lowest BCUT2D eigenvalue weighted by molar-refractivity contribution is -0.117. The van der Waals surface area contributed by atoms with Gasteiger partial charge in [0.2, 0.25) is 0 Å². The fraction of sp³-hybridized carbons (Fsp3) is 0.333. The Morgan fingerprint density at radius 2 is 2.00 bits per heavy atom. The second-order valence-electron chi connectivity index (χ2n) is 7.29. The van der Waals surface area contributed by atoms with Crippen molar-refractivity contribution in [2.24, 2.45) is 0 Å². The maximum atomic E-state index is 12.9. The maximum Gasteiger partial charge on any atom is 0.193 e. The summed E-state index contributed by atoms with van der Waals surface area (Å²) < 4.78 is 5.23. The standard InChI is InChI=1S/C21H22ClN7O2S/c1-13-27-18-19(28(2)6-7-31-3)15(12-24-21(18)32-13)10-16(30)8-14-9-17(22)20(23-11-14)29-25-4-5-26-29/h4-5,9,11-12H,6-8,10H2,1-3H3. The van der Waals surface area contributed by atoms with Gasteiger partial charge in [-0.1, -0.05) is 22.9 Å². The quantitative estimate of drug-likeness (QED) is 0.367. The second-order valence-corrected chi connectivity index (χ2v) is 8.88. The van der Waals surface area contributed by atoms with Crippen LogP contribution in [0, 0.1) is 6.92 Å². The van der Waals surface area contributed by atoms with E-state index in [4.69, 9.17) is 16.3 Å². The zero-order valence-corrected chi connectivity index (χ0v) is 19.5. The topological polar surface area (TPSA) is 98.9 Å². The SMILES string of the molecule is COCCN(C)c1c(CC(=O)Cc2cnc(-n3nccn3)c(Cl)c2)cnc2sc(C)nc12. The molecule has 4 aromatic heterocycles. The molecule has 0 aliphatic heterocycles. The number of ether oxygens (including phenoxy) is 1. The summed E-state index contributed by atoms with van der Waals surface area (Å²) in [6.45, 7) is 3.20. The molecule has 4 heterocycles.